The van der Waals surface area contributed by atoms with Crippen molar-refractivity contribution in [2.45, 2.75) is 39.2 Å². The van der Waals surface area contributed by atoms with E-state index in [1.165, 1.54) is 0 Å². The summed E-state index contributed by atoms with van der Waals surface area (Å²) in [6.07, 6.45) is 2.55. The summed E-state index contributed by atoms with van der Waals surface area (Å²) in [6, 6.07) is 0. The molecule has 3 nitrogen and oxygen atoms in total. The summed E-state index contributed by atoms with van der Waals surface area (Å²) in [4.78, 5) is 11.3. The van der Waals surface area contributed by atoms with Crippen LogP contribution in [0, 0.1) is 5.92 Å². The zero-order valence-electron chi connectivity index (χ0n) is 8.41. The Labute approximate surface area is 79.4 Å². The lowest BCUT2D eigenvalue weighted by Crippen LogP contribution is -2.24. The Hall–Kier alpha value is -0.570. The lowest BCUT2D eigenvalue weighted by molar-refractivity contribution is -0.155. The lowest BCUT2D eigenvalue weighted by atomic mass is 10.1. The first-order valence-corrected chi connectivity index (χ1v) is 5.02. The lowest BCUT2D eigenvalue weighted by Gasteiger charge is -2.12. The molecule has 0 radical (unpaired) electrons. The third-order valence-electron chi connectivity index (χ3n) is 2.40. The first-order valence-electron chi connectivity index (χ1n) is 5.02. The number of rotatable bonds is 4. The highest BCUT2D eigenvalue weighted by molar-refractivity contribution is 5.74. The van der Waals surface area contributed by atoms with Gasteiger partial charge in [-0.25, -0.2) is 4.79 Å². The number of carbonyl (C=O) groups excluding carboxylic acids is 1. The van der Waals surface area contributed by atoms with Crippen molar-refractivity contribution in [2.24, 2.45) is 5.92 Å². The van der Waals surface area contributed by atoms with E-state index in [0.29, 0.717) is 19.1 Å². The van der Waals surface area contributed by atoms with Crippen LogP contribution < -0.4 is 0 Å². The van der Waals surface area contributed by atoms with Crippen LogP contribution in [0.3, 0.4) is 0 Å². The van der Waals surface area contributed by atoms with Gasteiger partial charge in [-0.05, 0) is 18.8 Å². The topological polar surface area (TPSA) is 35.5 Å². The number of hydrogen-bond donors (Lipinski definition) is 0. The van der Waals surface area contributed by atoms with Crippen LogP contribution in [0.4, 0.5) is 0 Å². The number of ether oxygens (including phenoxy) is 2. The molecule has 0 aromatic rings. The summed E-state index contributed by atoms with van der Waals surface area (Å²) in [5.41, 5.74) is 0. The van der Waals surface area contributed by atoms with Crippen LogP contribution in [0.1, 0.15) is 33.1 Å². The number of hydrogen-bond acceptors (Lipinski definition) is 3. The van der Waals surface area contributed by atoms with Crippen LogP contribution in [0.15, 0.2) is 0 Å². The van der Waals surface area contributed by atoms with E-state index in [-0.39, 0.29) is 12.1 Å². The Balaban J connectivity index is 2.16. The normalized spacial score (nSPS) is 24.3. The molecule has 0 aliphatic carbocycles. The van der Waals surface area contributed by atoms with E-state index in [4.69, 9.17) is 9.47 Å². The van der Waals surface area contributed by atoms with Gasteiger partial charge in [0.2, 0.25) is 0 Å². The molecule has 0 amide bonds. The minimum Gasteiger partial charge on any atom is -0.463 e. The molecule has 1 saturated heterocycles. The predicted octanol–water partition coefficient (Wildman–Crippen LogP) is 1.75. The average Bonchev–Trinajstić information content (AvgIpc) is 2.66. The molecule has 0 aromatic heterocycles. The Morgan fingerprint density at radius 2 is 2.46 bits per heavy atom. The summed E-state index contributed by atoms with van der Waals surface area (Å²) in [5.74, 6) is 0.267. The second-order valence-corrected chi connectivity index (χ2v) is 3.65. The average molecular weight is 186 g/mol. The summed E-state index contributed by atoms with van der Waals surface area (Å²) in [7, 11) is 0. The first-order chi connectivity index (χ1) is 6.24. The van der Waals surface area contributed by atoms with Crippen LogP contribution in [-0.2, 0) is 14.3 Å². The Bertz CT molecular complexity index is 162. The van der Waals surface area contributed by atoms with Crippen molar-refractivity contribution in [1.82, 2.24) is 0 Å². The highest BCUT2D eigenvalue weighted by Crippen LogP contribution is 2.14. The SMILES string of the molecule is CCC(C)COC(=O)C1CCCO1. The highest BCUT2D eigenvalue weighted by Gasteiger charge is 2.25. The molecule has 0 aromatic carbocycles. The molecule has 0 spiro atoms. The molecule has 76 valence electrons. The van der Waals surface area contributed by atoms with Crippen molar-refractivity contribution >= 4 is 5.97 Å². The van der Waals surface area contributed by atoms with Gasteiger partial charge in [-0.1, -0.05) is 20.3 Å². The third kappa shape index (κ3) is 3.35. The van der Waals surface area contributed by atoms with E-state index in [9.17, 15) is 4.79 Å². The fourth-order valence-electron chi connectivity index (χ4n) is 1.20. The van der Waals surface area contributed by atoms with E-state index in [1.54, 1.807) is 0 Å². The van der Waals surface area contributed by atoms with E-state index >= 15 is 0 Å². The van der Waals surface area contributed by atoms with Crippen LogP contribution in [-0.4, -0.2) is 25.3 Å². The molecular formula is C10H18O3. The van der Waals surface area contributed by atoms with E-state index in [0.717, 1.165) is 19.3 Å². The van der Waals surface area contributed by atoms with Gasteiger partial charge in [0.25, 0.3) is 0 Å². The summed E-state index contributed by atoms with van der Waals surface area (Å²) in [6.45, 7) is 5.38. The van der Waals surface area contributed by atoms with Gasteiger partial charge in [0.05, 0.1) is 6.61 Å². The largest absolute Gasteiger partial charge is 0.463 e. The predicted molar refractivity (Wildman–Crippen MR) is 49.4 cm³/mol. The smallest absolute Gasteiger partial charge is 0.335 e. The maximum absolute atomic E-state index is 11.3. The van der Waals surface area contributed by atoms with Gasteiger partial charge in [0.1, 0.15) is 0 Å². The van der Waals surface area contributed by atoms with Crippen molar-refractivity contribution in [3.63, 3.8) is 0 Å². The van der Waals surface area contributed by atoms with Gasteiger partial charge in [-0.15, -0.1) is 0 Å². The molecule has 1 heterocycles. The standard InChI is InChI=1S/C10H18O3/c1-3-8(2)7-13-10(11)9-5-4-6-12-9/h8-9H,3-7H2,1-2H3. The van der Waals surface area contributed by atoms with Gasteiger partial charge >= 0.3 is 5.97 Å². The molecule has 3 heteroatoms. The van der Waals surface area contributed by atoms with Crippen LogP contribution in [0.5, 0.6) is 0 Å². The van der Waals surface area contributed by atoms with Crippen molar-refractivity contribution < 1.29 is 14.3 Å². The maximum atomic E-state index is 11.3. The van der Waals surface area contributed by atoms with Crippen molar-refractivity contribution in [3.05, 3.63) is 0 Å². The molecular weight excluding hydrogens is 168 g/mol. The van der Waals surface area contributed by atoms with Gasteiger partial charge < -0.3 is 9.47 Å². The summed E-state index contributed by atoms with van der Waals surface area (Å²) < 4.78 is 10.3. The zero-order chi connectivity index (χ0) is 9.68. The molecule has 0 N–H and O–H groups in total. The van der Waals surface area contributed by atoms with Crippen molar-refractivity contribution in [2.75, 3.05) is 13.2 Å². The fourth-order valence-corrected chi connectivity index (χ4v) is 1.20. The minimum absolute atomic E-state index is 0.183. The van der Waals surface area contributed by atoms with E-state index in [2.05, 4.69) is 13.8 Å². The highest BCUT2D eigenvalue weighted by atomic mass is 16.6. The molecule has 0 bridgehead atoms. The minimum atomic E-state index is -0.288. The number of carbonyl (C=O) groups is 1. The van der Waals surface area contributed by atoms with E-state index in [1.807, 2.05) is 0 Å². The van der Waals surface area contributed by atoms with Gasteiger partial charge in [-0.3, -0.25) is 0 Å². The van der Waals surface area contributed by atoms with Crippen LogP contribution in [0.25, 0.3) is 0 Å². The molecule has 1 aliphatic rings. The van der Waals surface area contributed by atoms with Gasteiger partial charge in [0.15, 0.2) is 6.10 Å². The monoisotopic (exact) mass is 186 g/mol. The van der Waals surface area contributed by atoms with Crippen molar-refractivity contribution in [3.8, 4) is 0 Å². The summed E-state index contributed by atoms with van der Waals surface area (Å²) >= 11 is 0. The molecule has 2 unspecified atom stereocenters. The Morgan fingerprint density at radius 3 is 3.00 bits per heavy atom. The second-order valence-electron chi connectivity index (χ2n) is 3.65. The Morgan fingerprint density at radius 1 is 1.69 bits per heavy atom. The number of esters is 1. The fraction of sp³-hybridized carbons (Fsp3) is 0.900. The molecule has 13 heavy (non-hydrogen) atoms. The molecule has 0 saturated carbocycles. The first kappa shape index (κ1) is 10.5. The molecule has 2 atom stereocenters. The quantitative estimate of drug-likeness (QED) is 0.627. The zero-order valence-corrected chi connectivity index (χ0v) is 8.41. The van der Waals surface area contributed by atoms with Crippen molar-refractivity contribution in [1.29, 1.82) is 0 Å². The maximum Gasteiger partial charge on any atom is 0.335 e. The third-order valence-corrected chi connectivity index (χ3v) is 2.40. The molecule has 1 fully saturated rings. The van der Waals surface area contributed by atoms with Gasteiger partial charge in [-0.2, -0.15) is 0 Å². The van der Waals surface area contributed by atoms with E-state index < -0.39 is 0 Å². The summed E-state index contributed by atoms with van der Waals surface area (Å²) in [5, 5.41) is 0. The van der Waals surface area contributed by atoms with Crippen LogP contribution >= 0.6 is 0 Å². The second kappa shape index (κ2) is 5.22. The molecule has 1 aliphatic heterocycles. The Kier molecular flexibility index (Phi) is 4.22. The van der Waals surface area contributed by atoms with Gasteiger partial charge in [0, 0.05) is 6.61 Å². The molecule has 1 rings (SSSR count). The van der Waals surface area contributed by atoms with Crippen LogP contribution in [0.2, 0.25) is 0 Å².